The maximum atomic E-state index is 5.83. The molecule has 2 heterocycles. The van der Waals surface area contributed by atoms with Crippen LogP contribution in [0.1, 0.15) is 19.3 Å². The minimum atomic E-state index is 0.310. The van der Waals surface area contributed by atoms with Crippen LogP contribution in [0.15, 0.2) is 0 Å². The lowest BCUT2D eigenvalue weighted by Gasteiger charge is -2.38. The molecule has 3 heteroatoms. The average molecular weight is 171 g/mol. The van der Waals surface area contributed by atoms with Gasteiger partial charge in [-0.2, -0.15) is 0 Å². The van der Waals surface area contributed by atoms with Gasteiger partial charge in [-0.3, -0.25) is 0 Å². The average Bonchev–Trinajstić information content (AvgIpc) is 2.17. The number of fused-ring (bicyclic) bond motifs is 1. The molecule has 2 rings (SSSR count). The second-order valence-corrected chi connectivity index (χ2v) is 3.73. The van der Waals surface area contributed by atoms with Gasteiger partial charge in [-0.15, -0.1) is 0 Å². The SMILES string of the molecule is NCC1CCC2COCCC2O1. The Morgan fingerprint density at radius 1 is 1.25 bits per heavy atom. The molecule has 0 aromatic carbocycles. The predicted octanol–water partition coefficient (Wildman–Crippen LogP) is 0.529. The van der Waals surface area contributed by atoms with Crippen molar-refractivity contribution >= 4 is 0 Å². The number of rotatable bonds is 1. The lowest BCUT2D eigenvalue weighted by molar-refractivity contribution is -0.133. The largest absolute Gasteiger partial charge is 0.381 e. The van der Waals surface area contributed by atoms with E-state index in [-0.39, 0.29) is 0 Å². The van der Waals surface area contributed by atoms with Crippen LogP contribution in [0.4, 0.5) is 0 Å². The van der Waals surface area contributed by atoms with E-state index in [2.05, 4.69) is 0 Å². The van der Waals surface area contributed by atoms with Crippen LogP contribution in [0.3, 0.4) is 0 Å². The summed E-state index contributed by atoms with van der Waals surface area (Å²) in [6.07, 6.45) is 4.14. The quantitative estimate of drug-likeness (QED) is 0.626. The third-order valence-electron chi connectivity index (χ3n) is 2.89. The first kappa shape index (κ1) is 8.48. The predicted molar refractivity (Wildman–Crippen MR) is 45.9 cm³/mol. The van der Waals surface area contributed by atoms with E-state index in [1.165, 1.54) is 6.42 Å². The van der Waals surface area contributed by atoms with Crippen molar-refractivity contribution in [1.29, 1.82) is 0 Å². The zero-order valence-electron chi connectivity index (χ0n) is 7.37. The zero-order valence-corrected chi connectivity index (χ0v) is 7.37. The summed E-state index contributed by atoms with van der Waals surface area (Å²) >= 11 is 0. The van der Waals surface area contributed by atoms with Gasteiger partial charge in [0.1, 0.15) is 0 Å². The van der Waals surface area contributed by atoms with Crippen molar-refractivity contribution in [2.45, 2.75) is 31.5 Å². The fourth-order valence-corrected chi connectivity index (χ4v) is 2.11. The second-order valence-electron chi connectivity index (χ2n) is 3.73. The maximum Gasteiger partial charge on any atom is 0.0701 e. The van der Waals surface area contributed by atoms with Crippen LogP contribution >= 0.6 is 0 Å². The van der Waals surface area contributed by atoms with E-state index in [9.17, 15) is 0 Å². The first-order valence-corrected chi connectivity index (χ1v) is 4.83. The lowest BCUT2D eigenvalue weighted by Crippen LogP contribution is -2.43. The van der Waals surface area contributed by atoms with Gasteiger partial charge in [0.05, 0.1) is 18.8 Å². The van der Waals surface area contributed by atoms with Gasteiger partial charge in [-0.25, -0.2) is 0 Å². The van der Waals surface area contributed by atoms with Gasteiger partial charge < -0.3 is 15.2 Å². The summed E-state index contributed by atoms with van der Waals surface area (Å²) in [6.45, 7) is 2.42. The molecule has 2 aliphatic rings. The molecule has 0 aliphatic carbocycles. The molecule has 0 radical (unpaired) electrons. The minimum absolute atomic E-state index is 0.310. The first-order valence-electron chi connectivity index (χ1n) is 4.83. The summed E-state index contributed by atoms with van der Waals surface area (Å²) in [4.78, 5) is 0. The second kappa shape index (κ2) is 3.73. The molecule has 0 bridgehead atoms. The highest BCUT2D eigenvalue weighted by Gasteiger charge is 2.32. The molecule has 0 spiro atoms. The van der Waals surface area contributed by atoms with Crippen molar-refractivity contribution in [3.05, 3.63) is 0 Å². The monoisotopic (exact) mass is 171 g/mol. The fourth-order valence-electron chi connectivity index (χ4n) is 2.11. The van der Waals surface area contributed by atoms with Crippen molar-refractivity contribution in [2.75, 3.05) is 19.8 Å². The zero-order chi connectivity index (χ0) is 8.39. The molecule has 2 aliphatic heterocycles. The molecule has 70 valence electrons. The molecular formula is C9H17NO2. The van der Waals surface area contributed by atoms with E-state index >= 15 is 0 Å². The van der Waals surface area contributed by atoms with E-state index in [0.29, 0.717) is 24.7 Å². The summed E-state index contributed by atoms with van der Waals surface area (Å²) in [5, 5.41) is 0. The van der Waals surface area contributed by atoms with Crippen LogP contribution in [0, 0.1) is 5.92 Å². The highest BCUT2D eigenvalue weighted by molar-refractivity contribution is 4.81. The Bertz CT molecular complexity index is 151. The van der Waals surface area contributed by atoms with Gasteiger partial charge in [0.25, 0.3) is 0 Å². The van der Waals surface area contributed by atoms with Crippen LogP contribution in [-0.4, -0.2) is 32.0 Å². The van der Waals surface area contributed by atoms with E-state index in [4.69, 9.17) is 15.2 Å². The summed E-state index contributed by atoms with van der Waals surface area (Å²) in [5.41, 5.74) is 5.57. The lowest BCUT2D eigenvalue weighted by atomic mass is 9.89. The van der Waals surface area contributed by atoms with Gasteiger partial charge in [0.2, 0.25) is 0 Å². The molecule has 3 atom stereocenters. The smallest absolute Gasteiger partial charge is 0.0701 e. The Balaban J connectivity index is 1.90. The first-order chi connectivity index (χ1) is 5.90. The van der Waals surface area contributed by atoms with Crippen LogP contribution in [-0.2, 0) is 9.47 Å². The Kier molecular flexibility index (Phi) is 2.63. The Labute approximate surface area is 73.2 Å². The van der Waals surface area contributed by atoms with E-state index in [1.54, 1.807) is 0 Å². The van der Waals surface area contributed by atoms with Gasteiger partial charge in [0, 0.05) is 19.1 Å². The molecule has 0 saturated carbocycles. The number of hydrogen-bond acceptors (Lipinski definition) is 3. The topological polar surface area (TPSA) is 44.5 Å². The van der Waals surface area contributed by atoms with Crippen LogP contribution in [0.2, 0.25) is 0 Å². The van der Waals surface area contributed by atoms with Crippen molar-refractivity contribution < 1.29 is 9.47 Å². The molecular weight excluding hydrogens is 154 g/mol. The van der Waals surface area contributed by atoms with Crippen molar-refractivity contribution in [1.82, 2.24) is 0 Å². The summed E-state index contributed by atoms with van der Waals surface area (Å²) in [5.74, 6) is 0.640. The molecule has 0 amide bonds. The van der Waals surface area contributed by atoms with Crippen LogP contribution < -0.4 is 5.73 Å². The summed E-state index contributed by atoms with van der Waals surface area (Å²) < 4.78 is 11.2. The molecule has 12 heavy (non-hydrogen) atoms. The van der Waals surface area contributed by atoms with Crippen LogP contribution in [0.25, 0.3) is 0 Å². The highest BCUT2D eigenvalue weighted by Crippen LogP contribution is 2.29. The minimum Gasteiger partial charge on any atom is -0.381 e. The summed E-state index contributed by atoms with van der Waals surface area (Å²) in [6, 6.07) is 0. The molecule has 3 unspecified atom stereocenters. The highest BCUT2D eigenvalue weighted by atomic mass is 16.5. The Morgan fingerprint density at radius 2 is 2.17 bits per heavy atom. The van der Waals surface area contributed by atoms with E-state index in [0.717, 1.165) is 26.1 Å². The Hall–Kier alpha value is -0.120. The van der Waals surface area contributed by atoms with Crippen molar-refractivity contribution in [2.24, 2.45) is 11.7 Å². The van der Waals surface area contributed by atoms with Gasteiger partial charge in [-0.05, 0) is 19.3 Å². The van der Waals surface area contributed by atoms with E-state index < -0.39 is 0 Å². The third kappa shape index (κ3) is 1.63. The van der Waals surface area contributed by atoms with Crippen molar-refractivity contribution in [3.63, 3.8) is 0 Å². The molecule has 0 aromatic rings. The van der Waals surface area contributed by atoms with Gasteiger partial charge >= 0.3 is 0 Å². The van der Waals surface area contributed by atoms with Crippen molar-refractivity contribution in [3.8, 4) is 0 Å². The number of nitrogens with two attached hydrogens (primary N) is 1. The standard InChI is InChI=1S/C9H17NO2/c10-5-8-2-1-7-6-11-4-3-9(7)12-8/h7-9H,1-6,10H2. The Morgan fingerprint density at radius 3 is 3.00 bits per heavy atom. The molecule has 3 nitrogen and oxygen atoms in total. The van der Waals surface area contributed by atoms with Gasteiger partial charge in [-0.1, -0.05) is 0 Å². The van der Waals surface area contributed by atoms with Crippen LogP contribution in [0.5, 0.6) is 0 Å². The number of hydrogen-bond donors (Lipinski definition) is 1. The molecule has 0 aromatic heterocycles. The number of ether oxygens (including phenoxy) is 2. The fraction of sp³-hybridized carbons (Fsp3) is 1.00. The summed E-state index contributed by atoms with van der Waals surface area (Å²) in [7, 11) is 0. The molecule has 2 N–H and O–H groups in total. The van der Waals surface area contributed by atoms with E-state index in [1.807, 2.05) is 0 Å². The third-order valence-corrected chi connectivity index (χ3v) is 2.89. The maximum absolute atomic E-state index is 5.83. The van der Waals surface area contributed by atoms with Gasteiger partial charge in [0.15, 0.2) is 0 Å². The normalized spacial score (nSPS) is 42.2. The molecule has 2 fully saturated rings. The molecule has 2 saturated heterocycles.